The van der Waals surface area contributed by atoms with E-state index in [0.717, 1.165) is 0 Å². The molecule has 11 heavy (non-hydrogen) atoms. The number of fused-ring (bicyclic) bond motifs is 1. The van der Waals surface area contributed by atoms with Gasteiger partial charge in [-0.1, -0.05) is 12.1 Å². The van der Waals surface area contributed by atoms with Gasteiger partial charge in [-0.2, -0.15) is 0 Å². The summed E-state index contributed by atoms with van der Waals surface area (Å²) in [4.78, 5) is 3.10. The maximum absolute atomic E-state index is 3.10. The van der Waals surface area contributed by atoms with Crippen LogP contribution in [-0.4, -0.2) is 4.98 Å². The summed E-state index contributed by atoms with van der Waals surface area (Å²) in [5, 5.41) is 1.28. The maximum atomic E-state index is 3.10. The van der Waals surface area contributed by atoms with Gasteiger partial charge in [0, 0.05) is 10.9 Å². The predicted molar refractivity (Wildman–Crippen MR) is 46.6 cm³/mol. The van der Waals surface area contributed by atoms with E-state index in [9.17, 15) is 0 Å². The lowest BCUT2D eigenvalue weighted by Gasteiger charge is -1.98. The number of rotatable bonds is 0. The molecule has 2 aromatic rings. The van der Waals surface area contributed by atoms with Gasteiger partial charge in [-0.3, -0.25) is 0 Å². The molecule has 1 heteroatoms. The van der Waals surface area contributed by atoms with Gasteiger partial charge in [0.2, 0.25) is 0 Å². The van der Waals surface area contributed by atoms with Gasteiger partial charge in [0.1, 0.15) is 0 Å². The topological polar surface area (TPSA) is 15.8 Å². The first-order chi connectivity index (χ1) is 5.29. The maximum Gasteiger partial charge on any atom is 0.0630 e. The summed E-state index contributed by atoms with van der Waals surface area (Å²) in [7, 11) is 0. The molecule has 55 valence electrons. The number of aromatic nitrogens is 1. The third-order valence-corrected chi connectivity index (χ3v) is 2.09. The Morgan fingerprint density at radius 1 is 1.18 bits per heavy atom. The fourth-order valence-corrected chi connectivity index (χ4v) is 1.37. The first kappa shape index (κ1) is 6.47. The second-order valence-corrected chi connectivity index (χ2v) is 2.90. The minimum Gasteiger partial charge on any atom is -0.353 e. The molecule has 0 spiro atoms. The van der Waals surface area contributed by atoms with Crippen molar-refractivity contribution in [2.45, 2.75) is 13.8 Å². The monoisotopic (exact) mass is 144 g/mol. The van der Waals surface area contributed by atoms with Gasteiger partial charge in [-0.05, 0) is 31.0 Å². The summed E-state index contributed by atoms with van der Waals surface area (Å²) >= 11 is 0. The van der Waals surface area contributed by atoms with Crippen LogP contribution in [0, 0.1) is 20.0 Å². The Kier molecular flexibility index (Phi) is 1.25. The van der Waals surface area contributed by atoms with Crippen LogP contribution in [0.1, 0.15) is 11.1 Å². The van der Waals surface area contributed by atoms with Crippen LogP contribution in [0.4, 0.5) is 0 Å². The molecule has 0 amide bonds. The third-order valence-electron chi connectivity index (χ3n) is 2.09. The largest absolute Gasteiger partial charge is 0.353 e. The van der Waals surface area contributed by atoms with E-state index in [2.05, 4.69) is 37.2 Å². The zero-order chi connectivity index (χ0) is 7.84. The van der Waals surface area contributed by atoms with Crippen molar-refractivity contribution in [3.63, 3.8) is 0 Å². The van der Waals surface area contributed by atoms with E-state index in [1.54, 1.807) is 0 Å². The number of H-pyrrole nitrogens is 1. The van der Waals surface area contributed by atoms with E-state index in [4.69, 9.17) is 0 Å². The van der Waals surface area contributed by atoms with Gasteiger partial charge < -0.3 is 4.98 Å². The molecule has 1 nitrogen and oxygen atoms in total. The normalized spacial score (nSPS) is 10.7. The smallest absolute Gasteiger partial charge is 0.0630 e. The van der Waals surface area contributed by atoms with Crippen molar-refractivity contribution in [1.29, 1.82) is 0 Å². The standard InChI is InChI=1S/C10H10N/c1-7-3-4-8(2)10-9(7)5-6-11-10/h3-5,11H,1-2H3. The minimum absolute atomic E-state index is 1.21. The molecule has 0 saturated carbocycles. The van der Waals surface area contributed by atoms with Crippen molar-refractivity contribution >= 4 is 10.9 Å². The Balaban J connectivity index is 2.96. The van der Waals surface area contributed by atoms with E-state index < -0.39 is 0 Å². The van der Waals surface area contributed by atoms with Crippen molar-refractivity contribution < 1.29 is 0 Å². The highest BCUT2D eigenvalue weighted by atomic mass is 14.7. The van der Waals surface area contributed by atoms with Crippen molar-refractivity contribution in [3.8, 4) is 0 Å². The molecule has 0 aliphatic carbocycles. The van der Waals surface area contributed by atoms with E-state index >= 15 is 0 Å². The first-order valence-electron chi connectivity index (χ1n) is 3.74. The number of aryl methyl sites for hydroxylation is 2. The fraction of sp³-hybridized carbons (Fsp3) is 0.200. The molecule has 1 aromatic heterocycles. The van der Waals surface area contributed by atoms with Crippen LogP contribution in [0.25, 0.3) is 10.9 Å². The summed E-state index contributed by atoms with van der Waals surface area (Å²) in [6.07, 6.45) is 2.99. The quantitative estimate of drug-likeness (QED) is 0.585. The molecule has 1 heterocycles. The van der Waals surface area contributed by atoms with Crippen LogP contribution < -0.4 is 0 Å². The molecule has 0 fully saturated rings. The molecule has 0 bridgehead atoms. The Labute approximate surface area is 66.1 Å². The number of hydrogen-bond donors (Lipinski definition) is 1. The van der Waals surface area contributed by atoms with E-state index in [1.165, 1.54) is 22.0 Å². The van der Waals surface area contributed by atoms with Crippen LogP contribution in [-0.2, 0) is 0 Å². The molecule has 1 N–H and O–H groups in total. The zero-order valence-electron chi connectivity index (χ0n) is 6.73. The summed E-state index contributed by atoms with van der Waals surface area (Å²) in [5.74, 6) is 0. The highest BCUT2D eigenvalue weighted by molar-refractivity contribution is 5.85. The zero-order valence-corrected chi connectivity index (χ0v) is 6.73. The van der Waals surface area contributed by atoms with Gasteiger partial charge in [0.25, 0.3) is 0 Å². The lowest BCUT2D eigenvalue weighted by Crippen LogP contribution is -1.78. The molecule has 0 aliphatic heterocycles. The van der Waals surface area contributed by atoms with Gasteiger partial charge >= 0.3 is 0 Å². The minimum atomic E-state index is 1.21. The van der Waals surface area contributed by atoms with Gasteiger partial charge in [-0.15, -0.1) is 0 Å². The summed E-state index contributed by atoms with van der Waals surface area (Å²) < 4.78 is 0. The predicted octanol–water partition coefficient (Wildman–Crippen LogP) is 2.58. The molecule has 0 aliphatic rings. The molecule has 0 saturated heterocycles. The van der Waals surface area contributed by atoms with Gasteiger partial charge in [-0.25, -0.2) is 0 Å². The SMILES string of the molecule is Cc1ccc(C)c2[nH][c]cc12. The second-order valence-electron chi connectivity index (χ2n) is 2.90. The second kappa shape index (κ2) is 2.12. The van der Waals surface area contributed by atoms with Gasteiger partial charge in [0.05, 0.1) is 6.20 Å². The molecular weight excluding hydrogens is 134 g/mol. The average Bonchev–Trinajstić information content (AvgIpc) is 2.45. The first-order valence-corrected chi connectivity index (χ1v) is 3.74. The molecule has 1 aromatic carbocycles. The average molecular weight is 144 g/mol. The molecule has 0 unspecified atom stereocenters. The number of aromatic amines is 1. The van der Waals surface area contributed by atoms with Gasteiger partial charge in [0.15, 0.2) is 0 Å². The van der Waals surface area contributed by atoms with Crippen molar-refractivity contribution in [2.75, 3.05) is 0 Å². The lowest BCUT2D eigenvalue weighted by atomic mass is 10.1. The Hall–Kier alpha value is -1.24. The fourth-order valence-electron chi connectivity index (χ4n) is 1.37. The Bertz CT molecular complexity index is 349. The highest BCUT2D eigenvalue weighted by Crippen LogP contribution is 2.19. The number of benzene rings is 1. The Morgan fingerprint density at radius 3 is 2.64 bits per heavy atom. The summed E-state index contributed by atoms with van der Waals surface area (Å²) in [5.41, 5.74) is 3.81. The van der Waals surface area contributed by atoms with E-state index in [0.29, 0.717) is 0 Å². The van der Waals surface area contributed by atoms with E-state index in [-0.39, 0.29) is 0 Å². The van der Waals surface area contributed by atoms with Crippen molar-refractivity contribution in [2.24, 2.45) is 0 Å². The molecular formula is C10H10N. The third kappa shape index (κ3) is 0.845. The van der Waals surface area contributed by atoms with E-state index in [1.807, 2.05) is 6.07 Å². The number of nitrogens with one attached hydrogen (secondary N) is 1. The molecule has 1 radical (unpaired) electrons. The van der Waals surface area contributed by atoms with Crippen molar-refractivity contribution in [3.05, 3.63) is 35.5 Å². The van der Waals surface area contributed by atoms with Crippen LogP contribution in [0.5, 0.6) is 0 Å². The van der Waals surface area contributed by atoms with Crippen LogP contribution in [0.2, 0.25) is 0 Å². The van der Waals surface area contributed by atoms with Crippen LogP contribution >= 0.6 is 0 Å². The summed E-state index contributed by atoms with van der Waals surface area (Å²) in [6.45, 7) is 4.22. The number of hydrogen-bond acceptors (Lipinski definition) is 0. The van der Waals surface area contributed by atoms with Crippen LogP contribution in [0.15, 0.2) is 18.2 Å². The van der Waals surface area contributed by atoms with Crippen molar-refractivity contribution in [1.82, 2.24) is 4.98 Å². The highest BCUT2D eigenvalue weighted by Gasteiger charge is 1.99. The molecule has 2 rings (SSSR count). The molecule has 0 atom stereocenters. The summed E-state index contributed by atoms with van der Waals surface area (Å²) in [6, 6.07) is 6.26. The Morgan fingerprint density at radius 2 is 1.91 bits per heavy atom. The van der Waals surface area contributed by atoms with Crippen LogP contribution in [0.3, 0.4) is 0 Å². The lowest BCUT2D eigenvalue weighted by molar-refractivity contribution is 1.39.